The van der Waals surface area contributed by atoms with Gasteiger partial charge in [-0.1, -0.05) is 36.4 Å². The molecule has 1 aromatic carbocycles. The fraction of sp³-hybridized carbons (Fsp3) is 0.552. The van der Waals surface area contributed by atoms with Gasteiger partial charge in [0.25, 0.3) is 0 Å². The second-order valence-corrected chi connectivity index (χ2v) is 11.6. The molecule has 5 rings (SSSR count). The maximum absolute atomic E-state index is 14.6. The number of benzene rings is 1. The summed E-state index contributed by atoms with van der Waals surface area (Å²) in [6.45, 7) is 13.4. The van der Waals surface area contributed by atoms with Gasteiger partial charge >= 0.3 is 0 Å². The summed E-state index contributed by atoms with van der Waals surface area (Å²) < 4.78 is 8.42. The van der Waals surface area contributed by atoms with Gasteiger partial charge in [0.15, 0.2) is 0 Å². The van der Waals surface area contributed by atoms with Crippen LogP contribution in [-0.4, -0.2) is 103 Å². The minimum Gasteiger partial charge on any atom is -0.394 e. The molecule has 3 aliphatic heterocycles. The predicted molar refractivity (Wildman–Crippen MR) is 147 cm³/mol. The van der Waals surface area contributed by atoms with Crippen LogP contribution in [0, 0.1) is 17.8 Å². The molecule has 3 fully saturated rings. The number of carbonyl (C=O) groups is 3. The third-order valence-corrected chi connectivity index (χ3v) is 9.16. The van der Waals surface area contributed by atoms with Crippen molar-refractivity contribution in [3.63, 3.8) is 0 Å². The first-order valence-corrected chi connectivity index (χ1v) is 13.7. The van der Waals surface area contributed by atoms with Gasteiger partial charge in [-0.25, -0.2) is 4.68 Å². The van der Waals surface area contributed by atoms with Crippen LogP contribution < -0.4 is 0 Å². The van der Waals surface area contributed by atoms with E-state index in [-0.39, 0.29) is 43.5 Å². The Bertz CT molecular complexity index is 1360. The molecule has 4 heterocycles. The third kappa shape index (κ3) is 3.89. The maximum Gasteiger partial charge on any atom is 0.250 e. The van der Waals surface area contributed by atoms with Gasteiger partial charge in [0.2, 0.25) is 17.7 Å². The average Bonchev–Trinajstić information content (AvgIpc) is 3.61. The van der Waals surface area contributed by atoms with Crippen LogP contribution in [0.15, 0.2) is 49.6 Å². The molecule has 214 valence electrons. The number of para-hydroxylation sites is 1. The van der Waals surface area contributed by atoms with E-state index < -0.39 is 35.1 Å². The summed E-state index contributed by atoms with van der Waals surface area (Å²) in [7, 11) is 1.68. The van der Waals surface area contributed by atoms with Crippen molar-refractivity contribution in [3.8, 4) is 0 Å². The van der Waals surface area contributed by atoms with Crippen LogP contribution in [0.5, 0.6) is 0 Å². The molecule has 3 unspecified atom stereocenters. The quantitative estimate of drug-likeness (QED) is 0.445. The molecule has 1 spiro atoms. The summed E-state index contributed by atoms with van der Waals surface area (Å²) in [6.07, 6.45) is 3.70. The molecule has 3 saturated heterocycles. The Morgan fingerprint density at radius 1 is 1.25 bits per heavy atom. The van der Waals surface area contributed by atoms with E-state index in [9.17, 15) is 19.5 Å². The molecule has 0 saturated carbocycles. The topological polar surface area (TPSA) is 121 Å². The van der Waals surface area contributed by atoms with E-state index in [0.29, 0.717) is 18.5 Å². The summed E-state index contributed by atoms with van der Waals surface area (Å²) in [6, 6.07) is 5.77. The van der Waals surface area contributed by atoms with Crippen molar-refractivity contribution in [1.82, 2.24) is 29.7 Å². The fourth-order valence-corrected chi connectivity index (χ4v) is 7.14. The van der Waals surface area contributed by atoms with Crippen LogP contribution in [0.1, 0.15) is 27.2 Å². The van der Waals surface area contributed by atoms with Gasteiger partial charge in [-0.05, 0) is 38.3 Å². The summed E-state index contributed by atoms with van der Waals surface area (Å²) >= 11 is 0. The smallest absolute Gasteiger partial charge is 0.250 e. The number of carbonyl (C=O) groups excluding carboxylic acids is 3. The van der Waals surface area contributed by atoms with Crippen LogP contribution in [0.2, 0.25) is 0 Å². The van der Waals surface area contributed by atoms with Crippen LogP contribution in [0.25, 0.3) is 11.0 Å². The van der Waals surface area contributed by atoms with Crippen LogP contribution in [0.3, 0.4) is 0 Å². The highest BCUT2D eigenvalue weighted by molar-refractivity contribution is 5.99. The van der Waals surface area contributed by atoms with Crippen molar-refractivity contribution >= 4 is 28.8 Å². The van der Waals surface area contributed by atoms with Gasteiger partial charge < -0.3 is 24.5 Å². The Kier molecular flexibility index (Phi) is 7.08. The lowest BCUT2D eigenvalue weighted by atomic mass is 9.62. The minimum atomic E-state index is -1.22. The highest BCUT2D eigenvalue weighted by atomic mass is 16.5. The number of likely N-dealkylation sites (tertiary alicyclic amines) is 1. The maximum atomic E-state index is 14.6. The molecule has 11 heteroatoms. The Hall–Kier alpha value is -3.57. The van der Waals surface area contributed by atoms with Gasteiger partial charge in [0.05, 0.1) is 35.6 Å². The number of nitrogens with zero attached hydrogens (tertiary/aromatic N) is 6. The second-order valence-electron chi connectivity index (χ2n) is 11.6. The SMILES string of the molecule is C=CCN(C)C(=O)[C@H]1[C@H]2C(=O)N([C@H](C)CO)C(C(=O)N(CC=C)Cn3nnc4ccccc43)C23CC(C)[C@]1(C)O3. The molecule has 7 atom stereocenters. The number of amides is 3. The van der Waals surface area contributed by atoms with Gasteiger partial charge in [-0.15, -0.1) is 18.3 Å². The molecule has 1 aromatic heterocycles. The Balaban J connectivity index is 1.58. The van der Waals surface area contributed by atoms with Gasteiger partial charge in [-0.2, -0.15) is 0 Å². The zero-order valence-electron chi connectivity index (χ0n) is 23.6. The molecule has 2 aromatic rings. The number of hydrogen-bond acceptors (Lipinski definition) is 7. The van der Waals surface area contributed by atoms with E-state index >= 15 is 0 Å². The van der Waals surface area contributed by atoms with E-state index in [0.717, 1.165) is 5.52 Å². The molecule has 11 nitrogen and oxygen atoms in total. The normalized spacial score (nSPS) is 31.3. The van der Waals surface area contributed by atoms with Crippen molar-refractivity contribution in [2.45, 2.75) is 57.1 Å². The van der Waals surface area contributed by atoms with Crippen LogP contribution >= 0.6 is 0 Å². The van der Waals surface area contributed by atoms with Crippen molar-refractivity contribution in [1.29, 1.82) is 0 Å². The number of rotatable bonds is 10. The van der Waals surface area contributed by atoms with E-state index in [4.69, 9.17) is 4.74 Å². The van der Waals surface area contributed by atoms with Crippen LogP contribution in [0.4, 0.5) is 0 Å². The van der Waals surface area contributed by atoms with Crippen molar-refractivity contribution in [2.75, 3.05) is 26.7 Å². The molecule has 0 radical (unpaired) electrons. The number of ether oxygens (including phenoxy) is 1. The van der Waals surface area contributed by atoms with E-state index in [1.807, 2.05) is 38.1 Å². The Morgan fingerprint density at radius 3 is 2.62 bits per heavy atom. The zero-order valence-corrected chi connectivity index (χ0v) is 23.6. The molecule has 40 heavy (non-hydrogen) atoms. The summed E-state index contributed by atoms with van der Waals surface area (Å²) in [5, 5.41) is 18.6. The van der Waals surface area contributed by atoms with Gasteiger partial charge in [0, 0.05) is 20.1 Å². The first-order chi connectivity index (χ1) is 19.0. The molecule has 3 aliphatic rings. The number of fused-ring (bicyclic) bond motifs is 2. The standard InChI is InChI=1S/C29H38N6O5/c1-7-13-32(6)25(37)22-23-26(38)35(19(4)16-36)24(29(23)15-18(3)28(22,5)40-29)27(39)33(14-8-2)17-34-21-12-10-9-11-20(21)30-31-34/h7-12,18-19,22-24,36H,1-2,13-17H2,3-6H3/t18?,19-,22-,23+,24?,28+,29?/m1/s1. The number of hydrogen-bond donors (Lipinski definition) is 1. The minimum absolute atomic E-state index is 0.0788. The second kappa shape index (κ2) is 10.1. The lowest BCUT2D eigenvalue weighted by Crippen LogP contribution is -2.58. The average molecular weight is 551 g/mol. The lowest BCUT2D eigenvalue weighted by molar-refractivity contribution is -0.157. The van der Waals surface area contributed by atoms with Gasteiger partial charge in [-0.3, -0.25) is 14.4 Å². The Morgan fingerprint density at radius 2 is 1.95 bits per heavy atom. The number of aliphatic hydroxyl groups is 1. The monoisotopic (exact) mass is 550 g/mol. The zero-order chi connectivity index (χ0) is 29.0. The lowest BCUT2D eigenvalue weighted by Gasteiger charge is -2.38. The molecular weight excluding hydrogens is 512 g/mol. The third-order valence-electron chi connectivity index (χ3n) is 9.16. The molecule has 0 aliphatic carbocycles. The highest BCUT2D eigenvalue weighted by Gasteiger charge is 2.80. The number of likely N-dealkylation sites (N-methyl/N-ethyl adjacent to an activating group) is 1. The summed E-state index contributed by atoms with van der Waals surface area (Å²) in [5.41, 5.74) is -0.683. The van der Waals surface area contributed by atoms with Crippen molar-refractivity contribution in [3.05, 3.63) is 49.6 Å². The van der Waals surface area contributed by atoms with E-state index in [2.05, 4.69) is 23.5 Å². The first kappa shape index (κ1) is 28.0. The highest BCUT2D eigenvalue weighted by Crippen LogP contribution is 2.65. The molecule has 1 N–H and O–H groups in total. The van der Waals surface area contributed by atoms with E-state index in [1.165, 1.54) is 4.90 Å². The van der Waals surface area contributed by atoms with E-state index in [1.54, 1.807) is 40.6 Å². The van der Waals surface area contributed by atoms with Gasteiger partial charge in [0.1, 0.15) is 23.8 Å². The van der Waals surface area contributed by atoms with Crippen molar-refractivity contribution in [2.24, 2.45) is 17.8 Å². The molecular formula is C29H38N6O5. The summed E-state index contributed by atoms with van der Waals surface area (Å²) in [5.74, 6) is -2.61. The summed E-state index contributed by atoms with van der Waals surface area (Å²) in [4.78, 5) is 47.2. The number of aliphatic hydroxyl groups excluding tert-OH is 1. The van der Waals surface area contributed by atoms with Crippen molar-refractivity contribution < 1.29 is 24.2 Å². The first-order valence-electron chi connectivity index (χ1n) is 13.7. The Labute approximate surface area is 234 Å². The predicted octanol–water partition coefficient (Wildman–Crippen LogP) is 1.44. The molecule has 2 bridgehead atoms. The molecule has 3 amide bonds. The largest absolute Gasteiger partial charge is 0.394 e. The number of aromatic nitrogens is 3. The fourth-order valence-electron chi connectivity index (χ4n) is 7.14. The van der Waals surface area contributed by atoms with Crippen LogP contribution in [-0.2, 0) is 25.8 Å².